The smallest absolute Gasteiger partial charge is 0.246 e. The van der Waals surface area contributed by atoms with Crippen LogP contribution < -0.4 is 10.2 Å². The van der Waals surface area contributed by atoms with Crippen LogP contribution in [0.25, 0.3) is 0 Å². The molecule has 0 radical (unpaired) electrons. The molecule has 1 aromatic carbocycles. The third-order valence-corrected chi connectivity index (χ3v) is 2.70. The topological polar surface area (TPSA) is 52.6 Å². The summed E-state index contributed by atoms with van der Waals surface area (Å²) in [5.41, 5.74) is 0.151. The van der Waals surface area contributed by atoms with Gasteiger partial charge in [-0.1, -0.05) is 0 Å². The van der Waals surface area contributed by atoms with Gasteiger partial charge in [-0.05, 0) is 45.2 Å². The Kier molecular flexibility index (Phi) is 3.55. The number of aromatic hydroxyl groups is 1. The number of hydrogen-bond acceptors (Lipinski definition) is 3. The molecular formula is C12H18N2O2. The van der Waals surface area contributed by atoms with Gasteiger partial charge in [-0.15, -0.1) is 0 Å². The molecule has 0 spiro atoms. The average Bonchev–Trinajstić information content (AvgIpc) is 2.28. The Hall–Kier alpha value is -1.55. The van der Waals surface area contributed by atoms with Crippen LogP contribution in [0, 0.1) is 0 Å². The highest BCUT2D eigenvalue weighted by Gasteiger charge is 2.28. The second-order valence-corrected chi connectivity index (χ2v) is 4.26. The lowest BCUT2D eigenvalue weighted by Crippen LogP contribution is -2.51. The van der Waals surface area contributed by atoms with Crippen molar-refractivity contribution in [2.45, 2.75) is 19.4 Å². The summed E-state index contributed by atoms with van der Waals surface area (Å²) in [4.78, 5) is 13.6. The number of carbonyl (C=O) groups is 1. The van der Waals surface area contributed by atoms with Gasteiger partial charge in [-0.3, -0.25) is 4.79 Å². The number of hydrogen-bond donors (Lipinski definition) is 2. The summed E-state index contributed by atoms with van der Waals surface area (Å²) in [6.45, 7) is 3.65. The highest BCUT2D eigenvalue weighted by molar-refractivity contribution is 5.99. The van der Waals surface area contributed by atoms with Crippen molar-refractivity contribution in [2.75, 3.05) is 19.0 Å². The molecule has 4 heteroatoms. The van der Waals surface area contributed by atoms with E-state index in [-0.39, 0.29) is 11.7 Å². The number of amides is 1. The average molecular weight is 222 g/mol. The van der Waals surface area contributed by atoms with Crippen LogP contribution in [0.2, 0.25) is 0 Å². The molecule has 0 aromatic heterocycles. The Morgan fingerprint density at radius 2 is 1.81 bits per heavy atom. The van der Waals surface area contributed by atoms with Crippen LogP contribution >= 0.6 is 0 Å². The van der Waals surface area contributed by atoms with Crippen LogP contribution in [0.4, 0.5) is 5.69 Å². The first-order valence-corrected chi connectivity index (χ1v) is 5.14. The molecule has 0 saturated carbocycles. The third-order valence-electron chi connectivity index (χ3n) is 2.70. The quantitative estimate of drug-likeness (QED) is 0.811. The number of nitrogens with one attached hydrogen (secondary N) is 1. The molecule has 88 valence electrons. The second-order valence-electron chi connectivity index (χ2n) is 4.26. The number of anilines is 1. The van der Waals surface area contributed by atoms with Crippen molar-refractivity contribution in [1.29, 1.82) is 0 Å². The molecule has 0 saturated heterocycles. The summed E-state index contributed by atoms with van der Waals surface area (Å²) in [6, 6.07) is 6.54. The van der Waals surface area contributed by atoms with E-state index in [1.54, 1.807) is 43.3 Å². The number of nitrogens with zero attached hydrogens (tertiary/aromatic N) is 1. The molecule has 0 fully saturated rings. The first kappa shape index (κ1) is 12.5. The van der Waals surface area contributed by atoms with Gasteiger partial charge in [0.2, 0.25) is 5.91 Å². The van der Waals surface area contributed by atoms with Gasteiger partial charge in [-0.2, -0.15) is 0 Å². The van der Waals surface area contributed by atoms with Crippen LogP contribution in [0.1, 0.15) is 13.8 Å². The maximum atomic E-state index is 12.1. The first-order valence-electron chi connectivity index (χ1n) is 5.14. The fourth-order valence-electron chi connectivity index (χ4n) is 1.32. The fraction of sp³-hybridized carbons (Fsp3) is 0.417. The minimum atomic E-state index is -0.605. The van der Waals surface area contributed by atoms with Gasteiger partial charge in [0.15, 0.2) is 0 Å². The number of likely N-dealkylation sites (N-methyl/N-ethyl adjacent to an activating group) is 2. The van der Waals surface area contributed by atoms with Gasteiger partial charge in [0.25, 0.3) is 0 Å². The van der Waals surface area contributed by atoms with Gasteiger partial charge in [0.1, 0.15) is 5.75 Å². The van der Waals surface area contributed by atoms with E-state index in [9.17, 15) is 4.79 Å². The van der Waals surface area contributed by atoms with Gasteiger partial charge >= 0.3 is 0 Å². The zero-order valence-electron chi connectivity index (χ0n) is 10.1. The van der Waals surface area contributed by atoms with E-state index < -0.39 is 5.54 Å². The maximum absolute atomic E-state index is 12.1. The Morgan fingerprint density at radius 3 is 2.25 bits per heavy atom. The molecule has 16 heavy (non-hydrogen) atoms. The Bertz CT molecular complexity index is 371. The second kappa shape index (κ2) is 4.53. The summed E-state index contributed by atoms with van der Waals surface area (Å²) >= 11 is 0. The largest absolute Gasteiger partial charge is 0.508 e. The minimum absolute atomic E-state index is 0.0271. The van der Waals surface area contributed by atoms with Crippen molar-refractivity contribution in [3.05, 3.63) is 24.3 Å². The minimum Gasteiger partial charge on any atom is -0.508 e. The molecule has 0 aliphatic carbocycles. The molecule has 0 bridgehead atoms. The zero-order chi connectivity index (χ0) is 12.3. The normalized spacial score (nSPS) is 11.2. The van der Waals surface area contributed by atoms with Crippen molar-refractivity contribution in [1.82, 2.24) is 5.32 Å². The van der Waals surface area contributed by atoms with Crippen LogP contribution in [0.5, 0.6) is 5.75 Å². The van der Waals surface area contributed by atoms with E-state index in [0.717, 1.165) is 5.69 Å². The molecule has 0 aliphatic heterocycles. The SMILES string of the molecule is CNC(C)(C)C(=O)N(C)c1ccc(O)cc1. The van der Waals surface area contributed by atoms with Crippen LogP contribution in [-0.2, 0) is 4.79 Å². The molecule has 4 nitrogen and oxygen atoms in total. The molecular weight excluding hydrogens is 204 g/mol. The van der Waals surface area contributed by atoms with E-state index in [1.165, 1.54) is 0 Å². The molecule has 0 heterocycles. The summed E-state index contributed by atoms with van der Waals surface area (Å²) < 4.78 is 0. The van der Waals surface area contributed by atoms with E-state index >= 15 is 0 Å². The molecule has 1 amide bonds. The maximum Gasteiger partial charge on any atom is 0.246 e. The number of benzene rings is 1. The summed E-state index contributed by atoms with van der Waals surface area (Å²) in [5, 5.41) is 12.1. The molecule has 0 atom stereocenters. The molecule has 2 N–H and O–H groups in total. The van der Waals surface area contributed by atoms with Crippen LogP contribution in [-0.4, -0.2) is 30.6 Å². The van der Waals surface area contributed by atoms with E-state index in [0.29, 0.717) is 0 Å². The van der Waals surface area contributed by atoms with Crippen molar-refractivity contribution >= 4 is 11.6 Å². The zero-order valence-corrected chi connectivity index (χ0v) is 10.1. The lowest BCUT2D eigenvalue weighted by atomic mass is 10.0. The predicted octanol–water partition coefficient (Wildman–Crippen LogP) is 1.35. The fourth-order valence-corrected chi connectivity index (χ4v) is 1.32. The molecule has 0 unspecified atom stereocenters. The monoisotopic (exact) mass is 222 g/mol. The van der Waals surface area contributed by atoms with Gasteiger partial charge in [-0.25, -0.2) is 0 Å². The van der Waals surface area contributed by atoms with Crippen LogP contribution in [0.15, 0.2) is 24.3 Å². The Balaban J connectivity index is 2.90. The molecule has 0 aliphatic rings. The van der Waals surface area contributed by atoms with Gasteiger partial charge in [0, 0.05) is 12.7 Å². The molecule has 1 rings (SSSR count). The van der Waals surface area contributed by atoms with Crippen molar-refractivity contribution < 1.29 is 9.90 Å². The lowest BCUT2D eigenvalue weighted by Gasteiger charge is -2.29. The number of phenols is 1. The van der Waals surface area contributed by atoms with Crippen molar-refractivity contribution in [2.24, 2.45) is 0 Å². The summed E-state index contributed by atoms with van der Waals surface area (Å²) in [6.07, 6.45) is 0. The highest BCUT2D eigenvalue weighted by atomic mass is 16.3. The van der Waals surface area contributed by atoms with Crippen molar-refractivity contribution in [3.63, 3.8) is 0 Å². The molecule has 1 aromatic rings. The number of phenolic OH excluding ortho intramolecular Hbond substituents is 1. The van der Waals surface area contributed by atoms with Crippen molar-refractivity contribution in [3.8, 4) is 5.75 Å². The van der Waals surface area contributed by atoms with Gasteiger partial charge < -0.3 is 15.3 Å². The van der Waals surface area contributed by atoms with E-state index in [1.807, 2.05) is 13.8 Å². The third kappa shape index (κ3) is 2.52. The Labute approximate surface area is 95.9 Å². The van der Waals surface area contributed by atoms with Crippen LogP contribution in [0.3, 0.4) is 0 Å². The summed E-state index contributed by atoms with van der Waals surface area (Å²) in [7, 11) is 3.47. The first-order chi connectivity index (χ1) is 7.38. The van der Waals surface area contributed by atoms with E-state index in [4.69, 9.17) is 5.11 Å². The number of carbonyl (C=O) groups excluding carboxylic acids is 1. The lowest BCUT2D eigenvalue weighted by molar-refractivity contribution is -0.123. The summed E-state index contributed by atoms with van der Waals surface area (Å²) in [5.74, 6) is 0.165. The number of rotatable bonds is 3. The van der Waals surface area contributed by atoms with E-state index in [2.05, 4.69) is 5.32 Å². The van der Waals surface area contributed by atoms with Gasteiger partial charge in [0.05, 0.1) is 5.54 Å². The predicted molar refractivity (Wildman–Crippen MR) is 64.7 cm³/mol. The standard InChI is InChI=1S/C12H18N2O2/c1-12(2,13-3)11(16)14(4)9-5-7-10(15)8-6-9/h5-8,13,15H,1-4H3. The Morgan fingerprint density at radius 1 is 1.31 bits per heavy atom. The highest BCUT2D eigenvalue weighted by Crippen LogP contribution is 2.19.